The summed E-state index contributed by atoms with van der Waals surface area (Å²) in [7, 11) is 0. The Morgan fingerprint density at radius 1 is 1.50 bits per heavy atom. The van der Waals surface area contributed by atoms with Crippen molar-refractivity contribution in [1.82, 2.24) is 0 Å². The minimum absolute atomic E-state index is 0.189. The first-order valence-corrected chi connectivity index (χ1v) is 4.36. The molecule has 0 rings (SSSR count). The highest BCUT2D eigenvalue weighted by Crippen LogP contribution is 2.08. The van der Waals surface area contributed by atoms with Crippen molar-refractivity contribution in [3.05, 3.63) is 0 Å². The number of carbonyl (C=O) groups is 1. The molecule has 0 amide bonds. The van der Waals surface area contributed by atoms with Crippen LogP contribution >= 0.6 is 0 Å². The second kappa shape index (κ2) is 5.07. The van der Waals surface area contributed by atoms with Crippen LogP contribution in [-0.2, 0) is 9.53 Å². The molecule has 0 radical (unpaired) electrons. The molecule has 1 atom stereocenters. The van der Waals surface area contributed by atoms with Gasteiger partial charge in [-0.25, -0.2) is 4.79 Å². The average Bonchev–Trinajstić information content (AvgIpc) is 2.00. The van der Waals surface area contributed by atoms with E-state index < -0.39 is 24.3 Å². The lowest BCUT2D eigenvalue weighted by Crippen LogP contribution is -2.31. The Bertz CT molecular complexity index is 219. The molecule has 82 valence electrons. The molecule has 0 aliphatic heterocycles. The normalized spacial score (nSPS) is 13.5. The van der Waals surface area contributed by atoms with Crippen molar-refractivity contribution < 1.29 is 19.7 Å². The second-order valence-corrected chi connectivity index (χ2v) is 4.02. The van der Waals surface area contributed by atoms with Crippen molar-refractivity contribution in [2.45, 2.75) is 38.9 Å². The molecule has 0 aliphatic carbocycles. The number of esters is 1. The molecule has 0 saturated carbocycles. The minimum Gasteiger partial charge on any atom is -0.456 e. The third-order valence-corrected chi connectivity index (χ3v) is 1.30. The Balaban J connectivity index is 4.08. The second-order valence-electron chi connectivity index (χ2n) is 4.02. The third kappa shape index (κ3) is 5.66. The maximum atomic E-state index is 11.2. The summed E-state index contributed by atoms with van der Waals surface area (Å²) in [6.07, 6.45) is -1.26. The fraction of sp³-hybridized carbons (Fsp3) is 0.778. The van der Waals surface area contributed by atoms with E-state index in [4.69, 9.17) is 20.4 Å². The predicted octanol–water partition coefficient (Wildman–Crippen LogP) is 0.0912. The highest BCUT2D eigenvalue weighted by molar-refractivity contribution is 6.35. The van der Waals surface area contributed by atoms with Gasteiger partial charge in [0, 0.05) is 6.42 Å². The van der Waals surface area contributed by atoms with Crippen LogP contribution in [0.25, 0.3) is 0 Å². The summed E-state index contributed by atoms with van der Waals surface area (Å²) in [5.74, 6) is -0.759. The first-order valence-electron chi connectivity index (χ1n) is 4.36. The van der Waals surface area contributed by atoms with Gasteiger partial charge in [0.25, 0.3) is 0 Å². The van der Waals surface area contributed by atoms with E-state index in [1.54, 1.807) is 20.8 Å². The van der Waals surface area contributed by atoms with Crippen LogP contribution in [-0.4, -0.2) is 40.2 Å². The van der Waals surface area contributed by atoms with Crippen molar-refractivity contribution in [2.24, 2.45) is 0 Å². The van der Waals surface area contributed by atoms with Crippen molar-refractivity contribution in [2.75, 3.05) is 6.61 Å². The molecular weight excluding hydrogens is 186 g/mol. The molecule has 0 spiro atoms. The van der Waals surface area contributed by atoms with E-state index >= 15 is 0 Å². The molecule has 0 aromatic rings. The fourth-order valence-corrected chi connectivity index (χ4v) is 0.723. The summed E-state index contributed by atoms with van der Waals surface area (Å²) >= 11 is 0. The summed E-state index contributed by atoms with van der Waals surface area (Å²) < 4.78 is 4.89. The number of rotatable bonds is 4. The quantitative estimate of drug-likeness (QED) is 0.446. The number of carbonyl (C=O) groups excluding carboxylic acids is 1. The van der Waals surface area contributed by atoms with Crippen LogP contribution < -0.4 is 0 Å². The minimum atomic E-state index is -1.07. The van der Waals surface area contributed by atoms with Gasteiger partial charge in [-0.1, -0.05) is 0 Å². The average molecular weight is 203 g/mol. The fourth-order valence-electron chi connectivity index (χ4n) is 0.723. The van der Waals surface area contributed by atoms with Gasteiger partial charge in [0.2, 0.25) is 0 Å². The number of hydrogen-bond donors (Lipinski definition) is 3. The standard InChI is InChI=1S/C9H17NO4/c1-9(2,3)14-8(13)7(10)4-6(12)5-11/h6,10-12H,4-5H2,1-3H3. The van der Waals surface area contributed by atoms with Crippen LogP contribution in [0.5, 0.6) is 0 Å². The monoisotopic (exact) mass is 203 g/mol. The van der Waals surface area contributed by atoms with Gasteiger partial charge in [-0.05, 0) is 20.8 Å². The molecule has 5 nitrogen and oxygen atoms in total. The lowest BCUT2D eigenvalue weighted by Gasteiger charge is -2.20. The van der Waals surface area contributed by atoms with Crippen molar-refractivity contribution >= 4 is 11.7 Å². The van der Waals surface area contributed by atoms with Gasteiger partial charge in [0.15, 0.2) is 0 Å². The summed E-state index contributed by atoms with van der Waals surface area (Å²) in [5.41, 5.74) is -0.977. The molecule has 0 bridgehead atoms. The predicted molar refractivity (Wildman–Crippen MR) is 51.3 cm³/mol. The first-order chi connectivity index (χ1) is 6.26. The zero-order chi connectivity index (χ0) is 11.4. The van der Waals surface area contributed by atoms with Crippen LogP contribution in [0.2, 0.25) is 0 Å². The third-order valence-electron chi connectivity index (χ3n) is 1.30. The van der Waals surface area contributed by atoms with Gasteiger partial charge >= 0.3 is 5.97 Å². The number of aliphatic hydroxyl groups excluding tert-OH is 2. The SMILES string of the molecule is CC(C)(C)OC(=O)C(=N)CC(O)CO. The number of hydrogen-bond acceptors (Lipinski definition) is 5. The summed E-state index contributed by atoms with van der Waals surface area (Å²) in [6.45, 7) is 4.62. The smallest absolute Gasteiger partial charge is 0.352 e. The maximum Gasteiger partial charge on any atom is 0.352 e. The number of ether oxygens (including phenoxy) is 1. The van der Waals surface area contributed by atoms with Gasteiger partial charge in [-0.15, -0.1) is 0 Å². The number of aliphatic hydroxyl groups is 2. The first kappa shape index (κ1) is 13.1. The summed E-state index contributed by atoms with van der Waals surface area (Å²) in [5, 5.41) is 24.7. The molecule has 0 aromatic carbocycles. The molecule has 5 heteroatoms. The Morgan fingerprint density at radius 2 is 2.00 bits per heavy atom. The van der Waals surface area contributed by atoms with Crippen LogP contribution in [0.3, 0.4) is 0 Å². The van der Waals surface area contributed by atoms with E-state index in [9.17, 15) is 4.79 Å². The Morgan fingerprint density at radius 3 is 2.36 bits per heavy atom. The van der Waals surface area contributed by atoms with Gasteiger partial charge in [-0.2, -0.15) is 0 Å². The zero-order valence-corrected chi connectivity index (χ0v) is 8.70. The molecule has 14 heavy (non-hydrogen) atoms. The van der Waals surface area contributed by atoms with Gasteiger partial charge < -0.3 is 14.9 Å². The van der Waals surface area contributed by atoms with E-state index in [1.807, 2.05) is 0 Å². The largest absolute Gasteiger partial charge is 0.456 e. The Hall–Kier alpha value is -0.940. The number of nitrogens with one attached hydrogen (secondary N) is 1. The van der Waals surface area contributed by atoms with Gasteiger partial charge in [0.05, 0.1) is 12.7 Å². The molecule has 0 saturated heterocycles. The highest BCUT2D eigenvalue weighted by atomic mass is 16.6. The van der Waals surface area contributed by atoms with Gasteiger partial charge in [0.1, 0.15) is 11.3 Å². The lowest BCUT2D eigenvalue weighted by molar-refractivity contribution is -0.146. The highest BCUT2D eigenvalue weighted by Gasteiger charge is 2.21. The summed E-state index contributed by atoms with van der Waals surface area (Å²) in [6, 6.07) is 0. The molecule has 0 aromatic heterocycles. The Kier molecular flexibility index (Phi) is 4.73. The van der Waals surface area contributed by atoms with Crippen molar-refractivity contribution in [3.8, 4) is 0 Å². The molecule has 0 heterocycles. The lowest BCUT2D eigenvalue weighted by atomic mass is 10.1. The summed E-state index contributed by atoms with van der Waals surface area (Å²) in [4.78, 5) is 11.2. The van der Waals surface area contributed by atoms with Crippen molar-refractivity contribution in [1.29, 1.82) is 5.41 Å². The molecule has 0 aliphatic rings. The van der Waals surface area contributed by atoms with Crippen molar-refractivity contribution in [3.63, 3.8) is 0 Å². The van der Waals surface area contributed by atoms with E-state index in [1.165, 1.54) is 0 Å². The topological polar surface area (TPSA) is 90.6 Å². The van der Waals surface area contributed by atoms with Crippen LogP contribution in [0.15, 0.2) is 0 Å². The molecule has 3 N–H and O–H groups in total. The zero-order valence-electron chi connectivity index (χ0n) is 8.70. The van der Waals surface area contributed by atoms with Gasteiger partial charge in [-0.3, -0.25) is 5.41 Å². The Labute approximate surface area is 83.2 Å². The van der Waals surface area contributed by atoms with E-state index in [0.29, 0.717) is 0 Å². The van der Waals surface area contributed by atoms with Crippen LogP contribution in [0.4, 0.5) is 0 Å². The van der Waals surface area contributed by atoms with E-state index in [-0.39, 0.29) is 12.1 Å². The molecule has 1 unspecified atom stereocenters. The van der Waals surface area contributed by atoms with E-state index in [2.05, 4.69) is 0 Å². The van der Waals surface area contributed by atoms with Crippen LogP contribution in [0.1, 0.15) is 27.2 Å². The molecular formula is C9H17NO4. The van der Waals surface area contributed by atoms with E-state index in [0.717, 1.165) is 0 Å². The molecule has 0 fully saturated rings. The maximum absolute atomic E-state index is 11.2. The van der Waals surface area contributed by atoms with Crippen LogP contribution in [0, 0.1) is 5.41 Å².